The maximum Gasteiger partial charge on any atom is 0.313 e. The minimum absolute atomic E-state index is 0.0311. The second-order valence-electron chi connectivity index (χ2n) is 9.01. The monoisotopic (exact) mass is 416 g/mol. The van der Waals surface area contributed by atoms with Crippen molar-refractivity contribution in [2.45, 2.75) is 38.3 Å². The molecule has 0 bridgehead atoms. The molecule has 2 N–H and O–H groups in total. The second kappa shape index (κ2) is 7.97. The zero-order chi connectivity index (χ0) is 21.5. The lowest BCUT2D eigenvalue weighted by molar-refractivity contribution is -0.142. The standard InChI is InChI=1S/C26H28N2O3/c1-16-23-22(26(30)31-16)15-17-14-18(27)12-13-21(17)24(23)25(29)28(19-8-4-2-5-9-19)20-10-6-3-7-11-20/h2-11,15-16,18,21-24H,12-14,27H2,1H3/t16-,18+,21+,22-,23-,24+/m1/s1. The molecule has 2 aliphatic carbocycles. The molecule has 1 amide bonds. The smallest absolute Gasteiger partial charge is 0.313 e. The van der Waals surface area contributed by atoms with Gasteiger partial charge in [0.1, 0.15) is 6.10 Å². The number of amides is 1. The number of nitrogens with zero attached hydrogens (tertiary/aromatic N) is 1. The Bertz CT molecular complexity index is 964. The van der Waals surface area contributed by atoms with E-state index in [4.69, 9.17) is 10.5 Å². The summed E-state index contributed by atoms with van der Waals surface area (Å²) in [6.45, 7) is 1.92. The molecule has 1 aliphatic heterocycles. The molecule has 0 radical (unpaired) electrons. The van der Waals surface area contributed by atoms with Crippen LogP contribution in [-0.4, -0.2) is 24.0 Å². The highest BCUT2D eigenvalue weighted by atomic mass is 16.6. The van der Waals surface area contributed by atoms with Crippen molar-refractivity contribution >= 4 is 23.3 Å². The molecule has 1 heterocycles. The van der Waals surface area contributed by atoms with Crippen LogP contribution in [0, 0.1) is 23.7 Å². The lowest BCUT2D eigenvalue weighted by atomic mass is 9.61. The van der Waals surface area contributed by atoms with Crippen LogP contribution in [0.5, 0.6) is 0 Å². The average Bonchev–Trinajstić information content (AvgIpc) is 3.06. The lowest BCUT2D eigenvalue weighted by Crippen LogP contribution is -2.48. The van der Waals surface area contributed by atoms with Gasteiger partial charge in [0.25, 0.3) is 0 Å². The van der Waals surface area contributed by atoms with Gasteiger partial charge in [-0.05, 0) is 56.4 Å². The van der Waals surface area contributed by atoms with Crippen molar-refractivity contribution in [3.8, 4) is 0 Å². The van der Waals surface area contributed by atoms with E-state index in [1.54, 1.807) is 0 Å². The van der Waals surface area contributed by atoms with Crippen molar-refractivity contribution < 1.29 is 14.3 Å². The highest BCUT2D eigenvalue weighted by Crippen LogP contribution is 2.51. The predicted octanol–water partition coefficient (Wildman–Crippen LogP) is 4.21. The summed E-state index contributed by atoms with van der Waals surface area (Å²) in [6.07, 6.45) is 4.29. The van der Waals surface area contributed by atoms with Crippen molar-refractivity contribution in [2.75, 3.05) is 4.90 Å². The van der Waals surface area contributed by atoms with E-state index >= 15 is 0 Å². The second-order valence-corrected chi connectivity index (χ2v) is 9.01. The fraction of sp³-hybridized carbons (Fsp3) is 0.385. The number of hydrogen-bond donors (Lipinski definition) is 1. The molecule has 2 fully saturated rings. The van der Waals surface area contributed by atoms with Gasteiger partial charge in [-0.3, -0.25) is 14.5 Å². The molecular formula is C26H28N2O3. The van der Waals surface area contributed by atoms with Crippen molar-refractivity contribution in [1.29, 1.82) is 0 Å². The number of para-hydroxylation sites is 2. The summed E-state index contributed by atoms with van der Waals surface area (Å²) in [5.74, 6) is -0.929. The first kappa shape index (κ1) is 20.0. The van der Waals surface area contributed by atoms with E-state index in [0.717, 1.165) is 36.2 Å². The largest absolute Gasteiger partial charge is 0.462 e. The van der Waals surface area contributed by atoms with Crippen LogP contribution in [0.15, 0.2) is 72.3 Å². The summed E-state index contributed by atoms with van der Waals surface area (Å²) in [5.41, 5.74) is 9.07. The minimum atomic E-state index is -0.367. The van der Waals surface area contributed by atoms with Gasteiger partial charge in [0.05, 0.1) is 11.8 Å². The third kappa shape index (κ3) is 3.47. The van der Waals surface area contributed by atoms with Gasteiger partial charge in [-0.25, -0.2) is 0 Å². The molecule has 0 unspecified atom stereocenters. The van der Waals surface area contributed by atoms with E-state index in [1.807, 2.05) is 72.5 Å². The van der Waals surface area contributed by atoms with Crippen LogP contribution >= 0.6 is 0 Å². The first-order valence-electron chi connectivity index (χ1n) is 11.2. The molecule has 0 spiro atoms. The number of fused-ring (bicyclic) bond motifs is 2. The van der Waals surface area contributed by atoms with Gasteiger partial charge in [0.15, 0.2) is 0 Å². The molecular weight excluding hydrogens is 388 g/mol. The van der Waals surface area contributed by atoms with Crippen LogP contribution in [0.4, 0.5) is 11.4 Å². The van der Waals surface area contributed by atoms with Crippen LogP contribution < -0.4 is 10.6 Å². The third-order valence-corrected chi connectivity index (χ3v) is 7.13. The van der Waals surface area contributed by atoms with E-state index in [9.17, 15) is 9.59 Å². The molecule has 6 atom stereocenters. The zero-order valence-corrected chi connectivity index (χ0v) is 17.7. The van der Waals surface area contributed by atoms with Gasteiger partial charge in [-0.2, -0.15) is 0 Å². The number of hydrogen-bond acceptors (Lipinski definition) is 4. The fourth-order valence-electron chi connectivity index (χ4n) is 5.76. The van der Waals surface area contributed by atoms with Gasteiger partial charge in [-0.15, -0.1) is 0 Å². The number of esters is 1. The Balaban J connectivity index is 1.61. The third-order valence-electron chi connectivity index (χ3n) is 7.13. The van der Waals surface area contributed by atoms with Crippen molar-refractivity contribution in [3.05, 3.63) is 72.3 Å². The zero-order valence-electron chi connectivity index (χ0n) is 17.7. The average molecular weight is 417 g/mol. The van der Waals surface area contributed by atoms with Gasteiger partial charge in [-0.1, -0.05) is 48.0 Å². The lowest BCUT2D eigenvalue weighted by Gasteiger charge is -2.43. The van der Waals surface area contributed by atoms with Crippen LogP contribution in [0.2, 0.25) is 0 Å². The Kier molecular flexibility index (Phi) is 5.14. The molecule has 3 aliphatic rings. The first-order chi connectivity index (χ1) is 15.0. The summed E-state index contributed by atoms with van der Waals surface area (Å²) in [7, 11) is 0. The SMILES string of the molecule is C[C@H]1OC(=O)[C@@H]2C=C3C[C@@H](N)CC[C@@H]3[C@H](C(=O)N(c3ccccc3)c3ccccc3)[C@H]12. The number of carbonyl (C=O) groups excluding carboxylic acids is 2. The normalized spacial score (nSPS) is 31.8. The number of benzene rings is 2. The fourth-order valence-corrected chi connectivity index (χ4v) is 5.76. The molecule has 160 valence electrons. The summed E-state index contributed by atoms with van der Waals surface area (Å²) >= 11 is 0. The topological polar surface area (TPSA) is 72.6 Å². The van der Waals surface area contributed by atoms with E-state index in [2.05, 4.69) is 6.08 Å². The van der Waals surface area contributed by atoms with Gasteiger partial charge < -0.3 is 10.5 Å². The number of nitrogens with two attached hydrogens (primary N) is 1. The maximum absolute atomic E-state index is 14.3. The van der Waals surface area contributed by atoms with Gasteiger partial charge in [0, 0.05) is 23.3 Å². The molecule has 2 aromatic carbocycles. The number of carbonyl (C=O) groups is 2. The summed E-state index contributed by atoms with van der Waals surface area (Å²) in [6, 6.07) is 19.6. The molecule has 0 aromatic heterocycles. The Morgan fingerprint density at radius 2 is 1.61 bits per heavy atom. The number of cyclic esters (lactones) is 1. The van der Waals surface area contributed by atoms with Gasteiger partial charge in [0.2, 0.25) is 5.91 Å². The van der Waals surface area contributed by atoms with Crippen molar-refractivity contribution in [2.24, 2.45) is 29.4 Å². The van der Waals surface area contributed by atoms with Gasteiger partial charge >= 0.3 is 5.97 Å². The molecule has 1 saturated heterocycles. The summed E-state index contributed by atoms with van der Waals surface area (Å²) < 4.78 is 5.63. The highest BCUT2D eigenvalue weighted by molar-refractivity contribution is 6.03. The molecule has 5 nitrogen and oxygen atoms in total. The van der Waals surface area contributed by atoms with E-state index in [-0.39, 0.29) is 47.7 Å². The maximum atomic E-state index is 14.3. The number of rotatable bonds is 3. The summed E-state index contributed by atoms with van der Waals surface area (Å²) in [5, 5.41) is 0. The van der Waals surface area contributed by atoms with E-state index in [0.29, 0.717) is 0 Å². The van der Waals surface area contributed by atoms with Crippen LogP contribution in [0.3, 0.4) is 0 Å². The first-order valence-corrected chi connectivity index (χ1v) is 11.2. The van der Waals surface area contributed by atoms with Crippen LogP contribution in [0.25, 0.3) is 0 Å². The summed E-state index contributed by atoms with van der Waals surface area (Å²) in [4.78, 5) is 28.8. The Morgan fingerprint density at radius 3 is 2.23 bits per heavy atom. The molecule has 5 heteroatoms. The van der Waals surface area contributed by atoms with E-state index in [1.165, 1.54) is 0 Å². The predicted molar refractivity (Wildman–Crippen MR) is 119 cm³/mol. The Morgan fingerprint density at radius 1 is 1.00 bits per heavy atom. The molecule has 2 aromatic rings. The Labute approximate surface area is 182 Å². The highest BCUT2D eigenvalue weighted by Gasteiger charge is 2.55. The van der Waals surface area contributed by atoms with Crippen LogP contribution in [0.1, 0.15) is 26.2 Å². The quantitative estimate of drug-likeness (QED) is 0.601. The molecule has 1 saturated carbocycles. The van der Waals surface area contributed by atoms with E-state index < -0.39 is 0 Å². The van der Waals surface area contributed by atoms with Crippen LogP contribution in [-0.2, 0) is 14.3 Å². The number of ether oxygens (including phenoxy) is 1. The Hall–Kier alpha value is -2.92. The minimum Gasteiger partial charge on any atom is -0.462 e. The van der Waals surface area contributed by atoms with Crippen molar-refractivity contribution in [3.63, 3.8) is 0 Å². The number of anilines is 2. The molecule has 31 heavy (non-hydrogen) atoms. The molecule has 5 rings (SSSR count). The van der Waals surface area contributed by atoms with Crippen molar-refractivity contribution in [1.82, 2.24) is 0 Å².